The highest BCUT2D eigenvalue weighted by atomic mass is 19.1. The zero-order valence-corrected chi connectivity index (χ0v) is 18.1. The standard InChI is InChI=1S/C23H25FN6O/c1-15-9-21(23(24)22(10-15)31-4)30(8-7-25-2)17-5-6-18-19(11-17)28-20(13-26-18)16-12-27-29(3)14-16/h5-6,9-14,25H,7-8H2,1-4H3. The molecule has 4 rings (SSSR count). The number of halogens is 1. The largest absolute Gasteiger partial charge is 0.494 e. The smallest absolute Gasteiger partial charge is 0.188 e. The highest BCUT2D eigenvalue weighted by Gasteiger charge is 2.19. The number of hydrogen-bond acceptors (Lipinski definition) is 6. The number of anilines is 2. The van der Waals surface area contributed by atoms with Crippen molar-refractivity contribution in [3.8, 4) is 17.0 Å². The summed E-state index contributed by atoms with van der Waals surface area (Å²) in [5, 5.41) is 7.34. The number of methoxy groups -OCH3 is 1. The molecule has 0 bridgehead atoms. The van der Waals surface area contributed by atoms with Crippen LogP contribution in [0.2, 0.25) is 0 Å². The van der Waals surface area contributed by atoms with Gasteiger partial charge in [0.15, 0.2) is 11.6 Å². The van der Waals surface area contributed by atoms with Crippen LogP contribution >= 0.6 is 0 Å². The van der Waals surface area contributed by atoms with Crippen molar-refractivity contribution in [1.82, 2.24) is 25.1 Å². The summed E-state index contributed by atoms with van der Waals surface area (Å²) in [5.41, 5.74) is 5.34. The zero-order chi connectivity index (χ0) is 22.0. The number of rotatable bonds is 7. The second kappa shape index (κ2) is 8.69. The number of benzene rings is 2. The van der Waals surface area contributed by atoms with E-state index in [2.05, 4.69) is 15.4 Å². The lowest BCUT2D eigenvalue weighted by Gasteiger charge is -2.26. The third-order valence-corrected chi connectivity index (χ3v) is 5.10. The predicted molar refractivity (Wildman–Crippen MR) is 120 cm³/mol. The number of nitrogens with one attached hydrogen (secondary N) is 1. The van der Waals surface area contributed by atoms with Crippen LogP contribution in [-0.4, -0.2) is 47.0 Å². The van der Waals surface area contributed by atoms with Crippen molar-refractivity contribution in [2.45, 2.75) is 6.92 Å². The minimum absolute atomic E-state index is 0.226. The van der Waals surface area contributed by atoms with Crippen molar-refractivity contribution in [1.29, 1.82) is 0 Å². The molecule has 0 saturated carbocycles. The van der Waals surface area contributed by atoms with Crippen molar-refractivity contribution in [3.63, 3.8) is 0 Å². The molecule has 8 heteroatoms. The summed E-state index contributed by atoms with van der Waals surface area (Å²) in [5.74, 6) is -0.164. The van der Waals surface area contributed by atoms with Gasteiger partial charge in [0.2, 0.25) is 0 Å². The molecule has 0 unspecified atom stereocenters. The Morgan fingerprint density at radius 1 is 1.16 bits per heavy atom. The SMILES string of the molecule is CNCCN(c1ccc2ncc(-c3cnn(C)c3)nc2c1)c1cc(C)cc(OC)c1F. The van der Waals surface area contributed by atoms with Gasteiger partial charge in [0.25, 0.3) is 0 Å². The van der Waals surface area contributed by atoms with Crippen molar-refractivity contribution in [2.75, 3.05) is 32.1 Å². The van der Waals surface area contributed by atoms with E-state index in [1.807, 2.05) is 56.4 Å². The number of ether oxygens (including phenoxy) is 1. The Labute approximate surface area is 180 Å². The van der Waals surface area contributed by atoms with Crippen molar-refractivity contribution >= 4 is 22.4 Å². The maximum Gasteiger partial charge on any atom is 0.188 e. The number of fused-ring (bicyclic) bond motifs is 1. The van der Waals surface area contributed by atoms with Crippen molar-refractivity contribution < 1.29 is 9.13 Å². The lowest BCUT2D eigenvalue weighted by Crippen LogP contribution is -2.27. The Hall–Kier alpha value is -3.52. The van der Waals surface area contributed by atoms with Crippen molar-refractivity contribution in [2.24, 2.45) is 7.05 Å². The lowest BCUT2D eigenvalue weighted by molar-refractivity contribution is 0.386. The first kappa shape index (κ1) is 20.7. The van der Waals surface area contributed by atoms with Crippen LogP contribution in [0.3, 0.4) is 0 Å². The van der Waals surface area contributed by atoms with Crippen LogP contribution in [0.4, 0.5) is 15.8 Å². The maximum absolute atomic E-state index is 15.2. The molecule has 2 heterocycles. The highest BCUT2D eigenvalue weighted by molar-refractivity contribution is 5.82. The molecule has 0 aliphatic carbocycles. The quantitative estimate of drug-likeness (QED) is 0.490. The first-order valence-corrected chi connectivity index (χ1v) is 10.0. The van der Waals surface area contributed by atoms with E-state index >= 15 is 4.39 Å². The van der Waals surface area contributed by atoms with E-state index < -0.39 is 0 Å². The van der Waals surface area contributed by atoms with Gasteiger partial charge in [-0.3, -0.25) is 9.67 Å². The fourth-order valence-corrected chi connectivity index (χ4v) is 3.53. The minimum Gasteiger partial charge on any atom is -0.494 e. The third kappa shape index (κ3) is 4.20. The molecule has 0 fully saturated rings. The monoisotopic (exact) mass is 420 g/mol. The van der Waals surface area contributed by atoms with Crippen molar-refractivity contribution in [3.05, 3.63) is 60.3 Å². The van der Waals surface area contributed by atoms with Gasteiger partial charge in [-0.25, -0.2) is 9.37 Å². The van der Waals surface area contributed by atoms with Crippen LogP contribution in [-0.2, 0) is 7.05 Å². The topological polar surface area (TPSA) is 68.1 Å². The Morgan fingerprint density at radius 2 is 2.00 bits per heavy atom. The third-order valence-electron chi connectivity index (χ3n) is 5.10. The fourth-order valence-electron chi connectivity index (χ4n) is 3.53. The zero-order valence-electron chi connectivity index (χ0n) is 18.1. The molecule has 2 aromatic heterocycles. The minimum atomic E-state index is -0.389. The van der Waals surface area contributed by atoms with Crippen LogP contribution in [0, 0.1) is 12.7 Å². The van der Waals surface area contributed by atoms with E-state index in [9.17, 15) is 0 Å². The van der Waals surface area contributed by atoms with Gasteiger partial charge in [0.05, 0.1) is 41.9 Å². The van der Waals surface area contributed by atoms with Gasteiger partial charge < -0.3 is 15.0 Å². The van der Waals surface area contributed by atoms with E-state index in [4.69, 9.17) is 9.72 Å². The summed E-state index contributed by atoms with van der Waals surface area (Å²) in [4.78, 5) is 11.2. The van der Waals surface area contributed by atoms with Gasteiger partial charge >= 0.3 is 0 Å². The second-order valence-corrected chi connectivity index (χ2v) is 7.39. The fraction of sp³-hybridized carbons (Fsp3) is 0.261. The normalized spacial score (nSPS) is 11.1. The van der Waals surface area contributed by atoms with Gasteiger partial charge in [-0.05, 0) is 49.9 Å². The number of hydrogen-bond donors (Lipinski definition) is 1. The van der Waals surface area contributed by atoms with E-state index in [-0.39, 0.29) is 11.6 Å². The van der Waals surface area contributed by atoms with E-state index in [1.54, 1.807) is 23.1 Å². The first-order valence-electron chi connectivity index (χ1n) is 10.0. The van der Waals surface area contributed by atoms with Crippen LogP contribution in [0.1, 0.15) is 5.56 Å². The molecule has 160 valence electrons. The highest BCUT2D eigenvalue weighted by Crippen LogP contribution is 2.34. The molecule has 0 atom stereocenters. The molecular weight excluding hydrogens is 395 g/mol. The molecule has 2 aromatic carbocycles. The van der Waals surface area contributed by atoms with Gasteiger partial charge in [-0.15, -0.1) is 0 Å². The number of aromatic nitrogens is 4. The molecule has 0 amide bonds. The van der Waals surface area contributed by atoms with Gasteiger partial charge in [0.1, 0.15) is 0 Å². The molecular formula is C23H25FN6O. The molecule has 0 saturated heterocycles. The molecule has 4 aromatic rings. The second-order valence-electron chi connectivity index (χ2n) is 7.39. The number of nitrogens with zero attached hydrogens (tertiary/aromatic N) is 5. The Bertz CT molecular complexity index is 1220. The van der Waals surface area contributed by atoms with Crippen LogP contribution in [0.15, 0.2) is 48.9 Å². The van der Waals surface area contributed by atoms with Gasteiger partial charge in [-0.1, -0.05) is 0 Å². The summed E-state index contributed by atoms with van der Waals surface area (Å²) >= 11 is 0. The van der Waals surface area contributed by atoms with E-state index in [1.165, 1.54) is 7.11 Å². The van der Waals surface area contributed by atoms with Crippen LogP contribution < -0.4 is 15.0 Å². The summed E-state index contributed by atoms with van der Waals surface area (Å²) < 4.78 is 22.2. The van der Waals surface area contributed by atoms with Crippen LogP contribution in [0.5, 0.6) is 5.75 Å². The first-order chi connectivity index (χ1) is 15.0. The average molecular weight is 420 g/mol. The molecule has 1 N–H and O–H groups in total. The summed E-state index contributed by atoms with van der Waals surface area (Å²) in [6.07, 6.45) is 5.39. The average Bonchev–Trinajstić information content (AvgIpc) is 3.21. The summed E-state index contributed by atoms with van der Waals surface area (Å²) in [6, 6.07) is 9.30. The Morgan fingerprint density at radius 3 is 2.71 bits per heavy atom. The summed E-state index contributed by atoms with van der Waals surface area (Å²) in [6.45, 7) is 3.17. The molecule has 31 heavy (non-hydrogen) atoms. The molecule has 0 aliphatic rings. The number of likely N-dealkylation sites (N-methyl/N-ethyl adjacent to an activating group) is 1. The Kier molecular flexibility index (Phi) is 5.81. The molecule has 0 aliphatic heterocycles. The maximum atomic E-state index is 15.2. The van der Waals surface area contributed by atoms with Gasteiger partial charge in [-0.2, -0.15) is 5.10 Å². The Balaban J connectivity index is 1.81. The lowest BCUT2D eigenvalue weighted by atomic mass is 10.1. The van der Waals surface area contributed by atoms with E-state index in [0.29, 0.717) is 18.8 Å². The summed E-state index contributed by atoms with van der Waals surface area (Å²) in [7, 11) is 5.21. The molecule has 0 spiro atoms. The molecule has 7 nitrogen and oxygen atoms in total. The van der Waals surface area contributed by atoms with Gasteiger partial charge in [0, 0.05) is 37.6 Å². The number of aryl methyl sites for hydroxylation is 2. The molecule has 0 radical (unpaired) electrons. The van der Waals surface area contributed by atoms with Crippen LogP contribution in [0.25, 0.3) is 22.3 Å². The van der Waals surface area contributed by atoms with E-state index in [0.717, 1.165) is 33.5 Å². The predicted octanol–water partition coefficient (Wildman–Crippen LogP) is 3.84.